The van der Waals surface area contributed by atoms with Gasteiger partial charge in [-0.05, 0) is 40.9 Å². The lowest BCUT2D eigenvalue weighted by molar-refractivity contribution is 0.439. The molecule has 0 saturated heterocycles. The van der Waals surface area contributed by atoms with Crippen molar-refractivity contribution in [1.82, 2.24) is 9.97 Å². The average molecular weight is 339 g/mol. The Bertz CT molecular complexity index is 641. The number of nitrogens with zero attached hydrogens (tertiary/aromatic N) is 2. The quantitative estimate of drug-likeness (QED) is 0.644. The van der Waals surface area contributed by atoms with Crippen LogP contribution in [-0.4, -0.2) is 9.97 Å². The van der Waals surface area contributed by atoms with Gasteiger partial charge in [0.2, 0.25) is 5.95 Å². The van der Waals surface area contributed by atoms with E-state index >= 15 is 0 Å². The highest BCUT2D eigenvalue weighted by molar-refractivity contribution is 9.10. The van der Waals surface area contributed by atoms with Gasteiger partial charge in [0.25, 0.3) is 0 Å². The maximum Gasteiger partial charge on any atom is 0.237 e. The van der Waals surface area contributed by atoms with Gasteiger partial charge in [0.1, 0.15) is 5.82 Å². The molecule has 1 saturated carbocycles. The minimum absolute atomic E-state index is 0.286. The number of nitrogens with one attached hydrogen (secondary N) is 1. The first-order valence-electron chi connectivity index (χ1n) is 6.82. The van der Waals surface area contributed by atoms with Crippen molar-refractivity contribution in [3.05, 3.63) is 28.1 Å². The summed E-state index contributed by atoms with van der Waals surface area (Å²) in [4.78, 5) is 8.79. The fourth-order valence-corrected chi connectivity index (χ4v) is 3.23. The van der Waals surface area contributed by atoms with Gasteiger partial charge in [0, 0.05) is 11.3 Å². The van der Waals surface area contributed by atoms with Gasteiger partial charge < -0.3 is 0 Å². The number of nitrogen functional groups attached to an aromatic ring is 1. The van der Waals surface area contributed by atoms with Gasteiger partial charge in [-0.3, -0.25) is 5.43 Å². The Balaban J connectivity index is 2.19. The molecular weight excluding hydrogens is 323 g/mol. The molecule has 1 fully saturated rings. The van der Waals surface area contributed by atoms with Crippen molar-refractivity contribution in [2.24, 2.45) is 5.84 Å². The first-order valence-corrected chi connectivity index (χ1v) is 7.61. The Hall–Kier alpha value is -1.27. The van der Waals surface area contributed by atoms with E-state index in [4.69, 9.17) is 5.84 Å². The normalized spacial score (nSPS) is 16.6. The van der Waals surface area contributed by atoms with E-state index in [1.54, 1.807) is 6.07 Å². The summed E-state index contributed by atoms with van der Waals surface area (Å²) < 4.78 is 14.2. The van der Waals surface area contributed by atoms with Crippen LogP contribution in [0.15, 0.2) is 16.6 Å². The lowest BCUT2D eigenvalue weighted by Gasteiger charge is -2.22. The van der Waals surface area contributed by atoms with E-state index in [0.29, 0.717) is 21.9 Å². The van der Waals surface area contributed by atoms with Gasteiger partial charge in [-0.1, -0.05) is 19.3 Å². The number of anilines is 1. The Morgan fingerprint density at radius 1 is 1.20 bits per heavy atom. The predicted molar refractivity (Wildman–Crippen MR) is 80.8 cm³/mol. The molecule has 6 heteroatoms. The van der Waals surface area contributed by atoms with Gasteiger partial charge >= 0.3 is 0 Å². The second-order valence-electron chi connectivity index (χ2n) is 5.20. The van der Waals surface area contributed by atoms with Crippen molar-refractivity contribution in [3.63, 3.8) is 0 Å². The molecule has 106 valence electrons. The van der Waals surface area contributed by atoms with Gasteiger partial charge in [-0.25, -0.2) is 20.2 Å². The van der Waals surface area contributed by atoms with Crippen molar-refractivity contribution < 1.29 is 4.39 Å². The number of benzene rings is 1. The lowest BCUT2D eigenvalue weighted by atomic mass is 9.85. The summed E-state index contributed by atoms with van der Waals surface area (Å²) in [5.74, 6) is 5.91. The van der Waals surface area contributed by atoms with Crippen LogP contribution in [0.2, 0.25) is 0 Å². The van der Waals surface area contributed by atoms with Crippen molar-refractivity contribution in [1.29, 1.82) is 0 Å². The molecule has 0 radical (unpaired) electrons. The number of nitrogens with two attached hydrogens (primary N) is 1. The third kappa shape index (κ3) is 2.50. The number of rotatable bonds is 2. The standard InChI is InChI=1S/C14H16BrFN4/c15-10-7-12-9(6-11(10)16)13(19-14(18-12)20-17)8-4-2-1-3-5-8/h6-8H,1-5,17H2,(H,18,19,20). The second kappa shape index (κ2) is 5.61. The summed E-state index contributed by atoms with van der Waals surface area (Å²) in [6, 6.07) is 3.20. The number of aromatic nitrogens is 2. The molecule has 4 nitrogen and oxygen atoms in total. The monoisotopic (exact) mass is 338 g/mol. The van der Waals surface area contributed by atoms with Crippen LogP contribution in [0.25, 0.3) is 10.9 Å². The summed E-state index contributed by atoms with van der Waals surface area (Å²) in [7, 11) is 0. The molecular formula is C14H16BrFN4. The molecule has 0 bridgehead atoms. The molecule has 0 atom stereocenters. The van der Waals surface area contributed by atoms with Crippen molar-refractivity contribution in [3.8, 4) is 0 Å². The Morgan fingerprint density at radius 3 is 2.65 bits per heavy atom. The molecule has 3 N–H and O–H groups in total. The van der Waals surface area contributed by atoms with Gasteiger partial charge in [-0.2, -0.15) is 0 Å². The van der Waals surface area contributed by atoms with Gasteiger partial charge in [-0.15, -0.1) is 0 Å². The highest BCUT2D eigenvalue weighted by atomic mass is 79.9. The zero-order valence-corrected chi connectivity index (χ0v) is 12.6. The summed E-state index contributed by atoms with van der Waals surface area (Å²) in [5, 5.41) is 0.789. The largest absolute Gasteiger partial charge is 0.292 e. The van der Waals surface area contributed by atoms with Crippen LogP contribution in [0.5, 0.6) is 0 Å². The smallest absolute Gasteiger partial charge is 0.237 e. The molecule has 20 heavy (non-hydrogen) atoms. The molecule has 1 heterocycles. The lowest BCUT2D eigenvalue weighted by Crippen LogP contribution is -2.14. The summed E-state index contributed by atoms with van der Waals surface area (Å²) >= 11 is 3.20. The van der Waals surface area contributed by atoms with Crippen LogP contribution in [0.4, 0.5) is 10.3 Å². The summed E-state index contributed by atoms with van der Waals surface area (Å²) in [6.07, 6.45) is 5.84. The van der Waals surface area contributed by atoms with Crippen LogP contribution >= 0.6 is 15.9 Å². The van der Waals surface area contributed by atoms with Crippen LogP contribution < -0.4 is 11.3 Å². The fraction of sp³-hybridized carbons (Fsp3) is 0.429. The van der Waals surface area contributed by atoms with E-state index in [2.05, 4.69) is 31.3 Å². The van der Waals surface area contributed by atoms with E-state index in [0.717, 1.165) is 23.9 Å². The van der Waals surface area contributed by atoms with Gasteiger partial charge in [0.05, 0.1) is 15.7 Å². The number of fused-ring (bicyclic) bond motifs is 1. The molecule has 2 aromatic rings. The minimum atomic E-state index is -0.286. The van der Waals surface area contributed by atoms with Crippen LogP contribution in [0.1, 0.15) is 43.7 Å². The number of hydrogen-bond donors (Lipinski definition) is 2. The average Bonchev–Trinajstić information content (AvgIpc) is 2.48. The molecule has 0 unspecified atom stereocenters. The number of hydrazine groups is 1. The Morgan fingerprint density at radius 2 is 1.95 bits per heavy atom. The molecule has 1 aromatic carbocycles. The van der Waals surface area contributed by atoms with E-state index in [-0.39, 0.29) is 5.82 Å². The van der Waals surface area contributed by atoms with E-state index in [1.165, 1.54) is 25.3 Å². The number of hydrogen-bond acceptors (Lipinski definition) is 4. The Kier molecular flexibility index (Phi) is 3.85. The number of halogens is 2. The predicted octanol–water partition coefficient (Wildman–Crippen LogP) is 3.86. The van der Waals surface area contributed by atoms with Crippen LogP contribution in [0.3, 0.4) is 0 Å². The van der Waals surface area contributed by atoms with Gasteiger partial charge in [0.15, 0.2) is 0 Å². The van der Waals surface area contributed by atoms with E-state index < -0.39 is 0 Å². The maximum absolute atomic E-state index is 13.8. The molecule has 0 aliphatic heterocycles. The molecule has 0 amide bonds. The fourth-order valence-electron chi connectivity index (χ4n) is 2.90. The van der Waals surface area contributed by atoms with Crippen LogP contribution in [0, 0.1) is 5.82 Å². The minimum Gasteiger partial charge on any atom is -0.292 e. The Labute approximate surface area is 125 Å². The molecule has 0 spiro atoms. The molecule has 3 rings (SSSR count). The zero-order valence-electron chi connectivity index (χ0n) is 11.0. The first-order chi connectivity index (χ1) is 9.69. The highest BCUT2D eigenvalue weighted by Crippen LogP contribution is 2.36. The molecule has 1 aliphatic rings. The summed E-state index contributed by atoms with van der Waals surface area (Å²) in [5.41, 5.74) is 4.12. The second-order valence-corrected chi connectivity index (χ2v) is 6.05. The van der Waals surface area contributed by atoms with E-state index in [9.17, 15) is 4.39 Å². The highest BCUT2D eigenvalue weighted by Gasteiger charge is 2.21. The zero-order chi connectivity index (χ0) is 14.1. The SMILES string of the molecule is NNc1nc(C2CCCCC2)c2cc(F)c(Br)cc2n1. The van der Waals surface area contributed by atoms with Crippen molar-refractivity contribution in [2.75, 3.05) is 5.43 Å². The first kappa shape index (κ1) is 13.7. The third-order valence-electron chi connectivity index (χ3n) is 3.89. The summed E-state index contributed by atoms with van der Waals surface area (Å²) in [6.45, 7) is 0. The molecule has 1 aromatic heterocycles. The molecule has 1 aliphatic carbocycles. The van der Waals surface area contributed by atoms with Crippen molar-refractivity contribution in [2.45, 2.75) is 38.0 Å². The van der Waals surface area contributed by atoms with Crippen molar-refractivity contribution >= 4 is 32.8 Å². The maximum atomic E-state index is 13.8. The topological polar surface area (TPSA) is 63.8 Å². The third-order valence-corrected chi connectivity index (χ3v) is 4.50. The van der Waals surface area contributed by atoms with E-state index in [1.807, 2.05) is 0 Å². The van der Waals surface area contributed by atoms with Crippen LogP contribution in [-0.2, 0) is 0 Å².